The van der Waals surface area contributed by atoms with Crippen LogP contribution in [0.2, 0.25) is 0 Å². The minimum Gasteiger partial charge on any atom is -0.278 e. The van der Waals surface area contributed by atoms with Crippen molar-refractivity contribution in [2.45, 2.75) is 18.8 Å². The Labute approximate surface area is 129 Å². The summed E-state index contributed by atoms with van der Waals surface area (Å²) in [4.78, 5) is 17.6. The molecule has 0 aliphatic heterocycles. The van der Waals surface area contributed by atoms with E-state index in [1.54, 1.807) is 11.1 Å². The lowest BCUT2D eigenvalue weighted by atomic mass is 9.99. The first-order chi connectivity index (χ1) is 10.9. The van der Waals surface area contributed by atoms with Gasteiger partial charge >= 0.3 is 0 Å². The normalized spacial score (nSPS) is 14.0. The number of benzene rings is 2. The van der Waals surface area contributed by atoms with E-state index in [9.17, 15) is 4.79 Å². The first-order valence-corrected chi connectivity index (χ1v) is 7.55. The van der Waals surface area contributed by atoms with E-state index in [2.05, 4.69) is 29.2 Å². The maximum Gasteiger partial charge on any atom is 0.219 e. The smallest absolute Gasteiger partial charge is 0.219 e. The van der Waals surface area contributed by atoms with Gasteiger partial charge in [0.1, 0.15) is 5.82 Å². The number of nitrogens with zero attached hydrogens (tertiary/aromatic N) is 2. The number of hydrogen-bond donors (Lipinski definition) is 0. The Balaban J connectivity index is 1.91. The molecule has 3 heteroatoms. The highest BCUT2D eigenvalue weighted by Crippen LogP contribution is 2.45. The molecule has 1 aliphatic rings. The van der Waals surface area contributed by atoms with E-state index in [4.69, 9.17) is 0 Å². The molecule has 0 radical (unpaired) electrons. The van der Waals surface area contributed by atoms with E-state index in [1.165, 1.54) is 23.8 Å². The highest BCUT2D eigenvalue weighted by atomic mass is 16.1. The van der Waals surface area contributed by atoms with Gasteiger partial charge in [-0.1, -0.05) is 36.4 Å². The molecule has 1 amide bonds. The molecule has 108 valence electrons. The van der Waals surface area contributed by atoms with Crippen molar-refractivity contribution < 1.29 is 4.79 Å². The van der Waals surface area contributed by atoms with Crippen molar-refractivity contribution in [3.63, 3.8) is 0 Å². The first kappa shape index (κ1) is 13.0. The van der Waals surface area contributed by atoms with Gasteiger partial charge in [-0.25, -0.2) is 4.98 Å². The number of carbonyl (C=O) groups excluding carboxylic acids is 1. The van der Waals surface area contributed by atoms with Crippen molar-refractivity contribution in [1.82, 2.24) is 4.98 Å². The van der Waals surface area contributed by atoms with Gasteiger partial charge < -0.3 is 0 Å². The number of pyridine rings is 1. The summed E-state index contributed by atoms with van der Waals surface area (Å²) in [5.41, 5.74) is 2.28. The Kier molecular flexibility index (Phi) is 3.11. The predicted octanol–water partition coefficient (Wildman–Crippen LogP) is 4.41. The molecule has 0 bridgehead atoms. The van der Waals surface area contributed by atoms with E-state index >= 15 is 0 Å². The van der Waals surface area contributed by atoms with Gasteiger partial charge in [-0.05, 0) is 47.9 Å². The SMILES string of the molecule is O=CN(c1ccccn1)c1ccc(C2CC2)c2ccccc12. The molecular formula is C19H16N2O. The lowest BCUT2D eigenvalue weighted by Gasteiger charge is -2.19. The van der Waals surface area contributed by atoms with Crippen LogP contribution < -0.4 is 4.90 Å². The van der Waals surface area contributed by atoms with Crippen LogP contribution in [0.4, 0.5) is 11.5 Å². The van der Waals surface area contributed by atoms with Crippen molar-refractivity contribution >= 4 is 28.7 Å². The second-order valence-corrected chi connectivity index (χ2v) is 5.66. The fourth-order valence-corrected chi connectivity index (χ4v) is 3.00. The van der Waals surface area contributed by atoms with Crippen molar-refractivity contribution in [2.24, 2.45) is 0 Å². The summed E-state index contributed by atoms with van der Waals surface area (Å²) in [5, 5.41) is 2.34. The quantitative estimate of drug-likeness (QED) is 0.666. The lowest BCUT2D eigenvalue weighted by molar-refractivity contribution is -0.106. The first-order valence-electron chi connectivity index (χ1n) is 7.55. The van der Waals surface area contributed by atoms with Crippen LogP contribution in [0.15, 0.2) is 60.8 Å². The minimum absolute atomic E-state index is 0.641. The number of rotatable bonds is 4. The summed E-state index contributed by atoms with van der Waals surface area (Å²) in [6.45, 7) is 0. The summed E-state index contributed by atoms with van der Waals surface area (Å²) < 4.78 is 0. The van der Waals surface area contributed by atoms with Crippen LogP contribution in [0.1, 0.15) is 24.3 Å². The Hall–Kier alpha value is -2.68. The number of carbonyl (C=O) groups is 1. The van der Waals surface area contributed by atoms with Gasteiger partial charge in [0.2, 0.25) is 6.41 Å². The average Bonchev–Trinajstić information content (AvgIpc) is 3.41. The van der Waals surface area contributed by atoms with Gasteiger partial charge in [0.25, 0.3) is 0 Å². The van der Waals surface area contributed by atoms with Crippen molar-refractivity contribution in [3.8, 4) is 0 Å². The molecule has 2 aromatic carbocycles. The molecule has 0 unspecified atom stereocenters. The number of fused-ring (bicyclic) bond motifs is 1. The van der Waals surface area contributed by atoms with Gasteiger partial charge in [0.05, 0.1) is 5.69 Å². The van der Waals surface area contributed by atoms with Gasteiger partial charge in [-0.2, -0.15) is 0 Å². The highest BCUT2D eigenvalue weighted by Gasteiger charge is 2.26. The Morgan fingerprint density at radius 2 is 1.73 bits per heavy atom. The summed E-state index contributed by atoms with van der Waals surface area (Å²) in [6, 6.07) is 18.1. The number of anilines is 2. The van der Waals surface area contributed by atoms with Gasteiger partial charge in [-0.15, -0.1) is 0 Å². The molecule has 4 rings (SSSR count). The maximum absolute atomic E-state index is 11.7. The van der Waals surface area contributed by atoms with Gasteiger partial charge in [0.15, 0.2) is 0 Å². The molecule has 1 aliphatic carbocycles. The standard InChI is InChI=1S/C19H16N2O/c22-13-21(19-7-3-4-12-20-19)18-11-10-15(14-8-9-14)16-5-1-2-6-17(16)18/h1-7,10-14H,8-9H2. The van der Waals surface area contributed by atoms with E-state index in [0.29, 0.717) is 11.7 Å². The third-order valence-corrected chi connectivity index (χ3v) is 4.21. The van der Waals surface area contributed by atoms with Crippen molar-refractivity contribution in [3.05, 3.63) is 66.4 Å². The Bertz CT molecular complexity index is 825. The second-order valence-electron chi connectivity index (χ2n) is 5.66. The zero-order valence-corrected chi connectivity index (χ0v) is 12.1. The minimum atomic E-state index is 0.641. The van der Waals surface area contributed by atoms with Crippen LogP contribution >= 0.6 is 0 Å². The van der Waals surface area contributed by atoms with Crippen molar-refractivity contribution in [1.29, 1.82) is 0 Å². The van der Waals surface area contributed by atoms with Crippen LogP contribution in [-0.2, 0) is 4.79 Å². The molecule has 1 saturated carbocycles. The van der Waals surface area contributed by atoms with Gasteiger partial charge in [-0.3, -0.25) is 9.69 Å². The van der Waals surface area contributed by atoms with Crippen LogP contribution in [0.5, 0.6) is 0 Å². The average molecular weight is 288 g/mol. The fraction of sp³-hybridized carbons (Fsp3) is 0.158. The summed E-state index contributed by atoms with van der Waals surface area (Å²) in [6.07, 6.45) is 5.06. The van der Waals surface area contributed by atoms with Gasteiger partial charge in [0, 0.05) is 11.6 Å². The van der Waals surface area contributed by atoms with Crippen LogP contribution in [-0.4, -0.2) is 11.4 Å². The van der Waals surface area contributed by atoms with E-state index in [0.717, 1.165) is 17.5 Å². The fourth-order valence-electron chi connectivity index (χ4n) is 3.00. The van der Waals surface area contributed by atoms with E-state index in [1.807, 2.05) is 30.3 Å². The van der Waals surface area contributed by atoms with Crippen LogP contribution in [0, 0.1) is 0 Å². The zero-order valence-electron chi connectivity index (χ0n) is 12.1. The predicted molar refractivity (Wildman–Crippen MR) is 88.4 cm³/mol. The summed E-state index contributed by atoms with van der Waals surface area (Å²) >= 11 is 0. The molecular weight excluding hydrogens is 272 g/mol. The molecule has 1 heterocycles. The monoisotopic (exact) mass is 288 g/mol. The van der Waals surface area contributed by atoms with E-state index < -0.39 is 0 Å². The molecule has 0 atom stereocenters. The van der Waals surface area contributed by atoms with Crippen LogP contribution in [0.3, 0.4) is 0 Å². The molecule has 0 N–H and O–H groups in total. The lowest BCUT2D eigenvalue weighted by Crippen LogP contribution is -2.15. The van der Waals surface area contributed by atoms with Crippen molar-refractivity contribution in [2.75, 3.05) is 4.90 Å². The highest BCUT2D eigenvalue weighted by molar-refractivity contribution is 6.03. The molecule has 1 aromatic heterocycles. The summed E-state index contributed by atoms with van der Waals surface area (Å²) in [7, 11) is 0. The zero-order chi connectivity index (χ0) is 14.9. The number of amides is 1. The third-order valence-electron chi connectivity index (χ3n) is 4.21. The Morgan fingerprint density at radius 3 is 2.41 bits per heavy atom. The molecule has 1 fully saturated rings. The number of aromatic nitrogens is 1. The third kappa shape index (κ3) is 2.15. The molecule has 22 heavy (non-hydrogen) atoms. The number of hydrogen-bond acceptors (Lipinski definition) is 2. The largest absolute Gasteiger partial charge is 0.278 e. The molecule has 0 spiro atoms. The second kappa shape index (κ2) is 5.26. The van der Waals surface area contributed by atoms with E-state index in [-0.39, 0.29) is 0 Å². The Morgan fingerprint density at radius 1 is 0.955 bits per heavy atom. The molecule has 3 aromatic rings. The summed E-state index contributed by atoms with van der Waals surface area (Å²) in [5.74, 6) is 1.32. The molecule has 0 saturated heterocycles. The van der Waals surface area contributed by atoms with Crippen LogP contribution in [0.25, 0.3) is 10.8 Å². The molecule has 3 nitrogen and oxygen atoms in total. The topological polar surface area (TPSA) is 33.2 Å². The maximum atomic E-state index is 11.7.